The molecule has 0 aromatic carbocycles. The Balaban J connectivity index is 0. The van der Waals surface area contributed by atoms with E-state index in [0.717, 1.165) is 45.7 Å². The minimum absolute atomic E-state index is 0. The largest absolute Gasteiger partial charge is 2.00 e. The summed E-state index contributed by atoms with van der Waals surface area (Å²) in [4.78, 5) is 83.6. The van der Waals surface area contributed by atoms with Crippen molar-refractivity contribution in [1.82, 2.24) is 0 Å². The van der Waals surface area contributed by atoms with Crippen LogP contribution >= 0.6 is 0 Å². The number of carboxylic acids is 4. The van der Waals surface area contributed by atoms with Crippen LogP contribution in [0.5, 0.6) is 0 Å². The molecule has 0 aromatic rings. The zero-order valence-corrected chi connectivity index (χ0v) is 67.1. The van der Waals surface area contributed by atoms with Gasteiger partial charge in [0.1, 0.15) is 0 Å². The third-order valence-corrected chi connectivity index (χ3v) is 14.1. The number of aliphatic imine (C=N–C) groups is 8. The summed E-state index contributed by atoms with van der Waals surface area (Å²) >= 11 is 0. The Morgan fingerprint density at radius 2 is 0.293 bits per heavy atom. The van der Waals surface area contributed by atoms with E-state index in [2.05, 4.69) is 39.9 Å². The van der Waals surface area contributed by atoms with E-state index in [-0.39, 0.29) is 141 Å². The number of rotatable bonds is 4. The van der Waals surface area contributed by atoms with Crippen LogP contribution in [-0.2, 0) is 19.2 Å². The van der Waals surface area contributed by atoms with Crippen molar-refractivity contribution in [1.29, 1.82) is 0 Å². The molecule has 0 spiro atoms. The van der Waals surface area contributed by atoms with Crippen LogP contribution in [-0.4, -0.2) is 190 Å². The van der Waals surface area contributed by atoms with Gasteiger partial charge >= 0.3 is 97.8 Å². The molecule has 0 aliphatic carbocycles. The van der Waals surface area contributed by atoms with Gasteiger partial charge in [0.15, 0.2) is 22.7 Å². The molecule has 4 aliphatic heterocycles. The standard InChI is InChI=1S/4C16H28N2O2.2Ba/c4*1-13(2,3)10-11(14(4,5)6)18-16(17-10,12(19)20)15(7,8)9;;/h4*1-9H3,(H,19,20);;/q;;;;2*+2/p-4. The summed E-state index contributed by atoms with van der Waals surface area (Å²) in [6, 6.07) is 0. The Morgan fingerprint density at radius 3 is 0.329 bits per heavy atom. The summed E-state index contributed by atoms with van der Waals surface area (Å²) in [6.45, 7) is 70.7. The van der Waals surface area contributed by atoms with Crippen LogP contribution in [0.4, 0.5) is 0 Å². The van der Waals surface area contributed by atoms with Crippen molar-refractivity contribution < 1.29 is 39.6 Å². The van der Waals surface area contributed by atoms with E-state index in [1.54, 1.807) is 0 Å². The summed E-state index contributed by atoms with van der Waals surface area (Å²) < 4.78 is 0. The molecule has 4 rings (SSSR count). The Hall–Kier alpha value is -1.62. The van der Waals surface area contributed by atoms with Gasteiger partial charge in [-0.25, -0.2) is 0 Å². The van der Waals surface area contributed by atoms with E-state index in [9.17, 15) is 39.6 Å². The second-order valence-electron chi connectivity index (χ2n) is 34.5. The van der Waals surface area contributed by atoms with Gasteiger partial charge in [-0.05, 0) is 0 Å². The van der Waals surface area contributed by atoms with Crippen LogP contribution in [0.1, 0.15) is 249 Å². The predicted molar refractivity (Wildman–Crippen MR) is 335 cm³/mol. The molecule has 0 saturated heterocycles. The summed E-state index contributed by atoms with van der Waals surface area (Å²) in [5, 5.41) is 47.2. The molecule has 0 fully saturated rings. The molecule has 82 heavy (non-hydrogen) atoms. The van der Waals surface area contributed by atoms with Crippen LogP contribution in [0.2, 0.25) is 0 Å². The molecule has 0 bridgehead atoms. The van der Waals surface area contributed by atoms with Crippen molar-refractivity contribution in [2.24, 2.45) is 105 Å². The van der Waals surface area contributed by atoms with Gasteiger partial charge in [-0.1, -0.05) is 249 Å². The fourth-order valence-electron chi connectivity index (χ4n) is 8.93. The molecule has 0 unspecified atom stereocenters. The minimum Gasteiger partial charge on any atom is -0.545 e. The first-order chi connectivity index (χ1) is 34.5. The topological polar surface area (TPSA) is 259 Å². The maximum atomic E-state index is 11.8. The number of nitrogens with zero attached hydrogens (tertiary/aromatic N) is 8. The van der Waals surface area contributed by atoms with E-state index >= 15 is 0 Å². The van der Waals surface area contributed by atoms with Gasteiger partial charge in [0.05, 0.1) is 69.6 Å². The van der Waals surface area contributed by atoms with Crippen LogP contribution in [0.3, 0.4) is 0 Å². The maximum absolute atomic E-state index is 11.8. The smallest absolute Gasteiger partial charge is 0.545 e. The summed E-state index contributed by atoms with van der Waals surface area (Å²) in [5.41, 5.74) is -4.59. The van der Waals surface area contributed by atoms with E-state index in [1.807, 2.05) is 249 Å². The summed E-state index contributed by atoms with van der Waals surface area (Å²) in [7, 11) is 0. The van der Waals surface area contributed by atoms with Gasteiger partial charge in [-0.15, -0.1) is 0 Å². The van der Waals surface area contributed by atoms with Gasteiger partial charge in [0.25, 0.3) is 0 Å². The van der Waals surface area contributed by atoms with E-state index < -0.39 is 68.2 Å². The molecule has 456 valence electrons. The first-order valence-corrected chi connectivity index (χ1v) is 28.2. The number of carbonyl (C=O) groups excluding carboxylic acids is 4. The quantitative estimate of drug-likeness (QED) is 0.245. The van der Waals surface area contributed by atoms with Crippen molar-refractivity contribution in [3.63, 3.8) is 0 Å². The predicted octanol–water partition coefficient (Wildman–Crippen LogP) is 9.10. The van der Waals surface area contributed by atoms with Crippen LogP contribution in [0, 0.1) is 65.0 Å². The molecular formula is C64H108Ba2N8O8. The fraction of sp³-hybridized carbons (Fsp3) is 0.812. The van der Waals surface area contributed by atoms with Gasteiger partial charge in [-0.3, -0.25) is 39.9 Å². The third-order valence-electron chi connectivity index (χ3n) is 14.1. The zero-order valence-electron chi connectivity index (χ0n) is 58.3. The number of carboxylic acid groups (broad SMARTS) is 4. The molecular weight excluding hydrogens is 1280 g/mol. The maximum Gasteiger partial charge on any atom is 2.00 e. The van der Waals surface area contributed by atoms with E-state index in [0.29, 0.717) is 0 Å². The van der Waals surface area contributed by atoms with Crippen LogP contribution < -0.4 is 20.4 Å². The fourth-order valence-corrected chi connectivity index (χ4v) is 8.93. The normalized spacial score (nSPS) is 19.2. The van der Waals surface area contributed by atoms with Crippen LogP contribution in [0.25, 0.3) is 0 Å². The molecule has 0 amide bonds. The van der Waals surface area contributed by atoms with Gasteiger partial charge in [-0.2, -0.15) is 0 Å². The van der Waals surface area contributed by atoms with E-state index in [4.69, 9.17) is 0 Å². The van der Waals surface area contributed by atoms with Gasteiger partial charge < -0.3 is 39.6 Å². The minimum atomic E-state index is -1.53. The molecule has 0 atom stereocenters. The van der Waals surface area contributed by atoms with Gasteiger partial charge in [0.2, 0.25) is 0 Å². The second-order valence-corrected chi connectivity index (χ2v) is 34.5. The Kier molecular flexibility index (Phi) is 25.6. The van der Waals surface area contributed by atoms with Crippen molar-refractivity contribution in [2.75, 3.05) is 0 Å². The molecule has 0 saturated carbocycles. The molecule has 16 nitrogen and oxygen atoms in total. The summed E-state index contributed by atoms with van der Waals surface area (Å²) in [6.07, 6.45) is 0. The Bertz CT molecular complexity index is 2180. The average molecular weight is 1390 g/mol. The van der Waals surface area contributed by atoms with Crippen molar-refractivity contribution in [2.45, 2.75) is 272 Å². The van der Waals surface area contributed by atoms with E-state index in [1.165, 1.54) is 0 Å². The molecule has 0 radical (unpaired) electrons. The number of hydrogen-bond donors (Lipinski definition) is 0. The monoisotopic (exact) mass is 1390 g/mol. The first kappa shape index (κ1) is 82.4. The Labute approximate surface area is 577 Å². The second kappa shape index (κ2) is 25.5. The molecule has 4 aliphatic rings. The molecule has 4 heterocycles. The molecule has 18 heteroatoms. The average Bonchev–Trinajstić information content (AvgIpc) is 3.97. The van der Waals surface area contributed by atoms with Crippen LogP contribution in [0.15, 0.2) is 39.9 Å². The SMILES string of the molecule is CC(C)(C)C1=NC(C(=O)[O-])(C(C)(C)C)N=C1C(C)(C)C.CC(C)(C)C1=NC(C(=O)[O-])(C(C)(C)C)N=C1C(C)(C)C.CC(C)(C)C1=NC(C(=O)[O-])(C(C)(C)C)N=C1C(C)(C)C.CC(C)(C)C1=NC(C(=O)[O-])(C(C)(C)C)N=C1C(C)(C)C.[Ba+2].[Ba+2]. The van der Waals surface area contributed by atoms with Crippen molar-refractivity contribution in [3.8, 4) is 0 Å². The third kappa shape index (κ3) is 17.8. The zero-order chi connectivity index (χ0) is 64.6. The number of aliphatic carboxylic acids is 4. The van der Waals surface area contributed by atoms with Gasteiger partial charge in [0, 0.05) is 65.0 Å². The first-order valence-electron chi connectivity index (χ1n) is 28.2. The summed E-state index contributed by atoms with van der Waals surface area (Å²) in [5.74, 6) is -4.92. The number of carbonyl (C=O) groups is 4. The molecule has 0 N–H and O–H groups in total. The number of hydrogen-bond acceptors (Lipinski definition) is 16. The van der Waals surface area contributed by atoms with Crippen molar-refractivity contribution >= 4 is 167 Å². The Morgan fingerprint density at radius 1 is 0.220 bits per heavy atom. The van der Waals surface area contributed by atoms with Crippen molar-refractivity contribution in [3.05, 3.63) is 0 Å². The molecule has 0 aromatic heterocycles.